The Morgan fingerprint density at radius 2 is 2.29 bits per heavy atom. The minimum Gasteiger partial charge on any atom is -0.370 e. The van der Waals surface area contributed by atoms with Gasteiger partial charge < -0.3 is 10.2 Å². The van der Waals surface area contributed by atoms with Gasteiger partial charge in [0.1, 0.15) is 0 Å². The first-order valence-electron chi connectivity index (χ1n) is 11.4. The van der Waals surface area contributed by atoms with Gasteiger partial charge >= 0.3 is 0 Å². The van der Waals surface area contributed by atoms with Crippen LogP contribution in [0.25, 0.3) is 0 Å². The molecule has 1 spiro atoms. The zero-order chi connectivity index (χ0) is 21.3. The van der Waals surface area contributed by atoms with E-state index in [1.54, 1.807) is 17.3 Å². The molecular weight excluding hydrogens is 408 g/mol. The highest BCUT2D eigenvalue weighted by atomic mass is 32.1. The van der Waals surface area contributed by atoms with E-state index in [9.17, 15) is 0 Å². The first-order valence-corrected chi connectivity index (χ1v) is 12.2. The van der Waals surface area contributed by atoms with Crippen LogP contribution in [0.5, 0.6) is 0 Å². The molecule has 0 unspecified atom stereocenters. The molecule has 31 heavy (non-hydrogen) atoms. The second kappa shape index (κ2) is 8.86. The van der Waals surface area contributed by atoms with Crippen molar-refractivity contribution in [2.75, 3.05) is 26.2 Å². The first kappa shape index (κ1) is 20.9. The second-order valence-electron chi connectivity index (χ2n) is 8.80. The number of nitrogens with one attached hydrogen (secondary N) is 2. The van der Waals surface area contributed by atoms with E-state index in [1.165, 1.54) is 16.1 Å². The summed E-state index contributed by atoms with van der Waals surface area (Å²) >= 11 is 2.00. The maximum Gasteiger partial charge on any atom is 0.0969 e. The molecule has 3 aliphatic heterocycles. The van der Waals surface area contributed by atoms with E-state index in [-0.39, 0.29) is 5.60 Å². The third-order valence-corrected chi connectivity index (χ3v) is 8.07. The molecule has 5 heterocycles. The lowest BCUT2D eigenvalue weighted by Gasteiger charge is -2.47. The van der Waals surface area contributed by atoms with Crippen LogP contribution in [0.1, 0.15) is 47.7 Å². The number of hydrogen-bond donors (Lipinski definition) is 2. The molecule has 1 fully saturated rings. The van der Waals surface area contributed by atoms with E-state index in [0.29, 0.717) is 6.04 Å². The summed E-state index contributed by atoms with van der Waals surface area (Å²) in [7, 11) is 0. The number of hydrazine groups is 2. The van der Waals surface area contributed by atoms with Gasteiger partial charge in [0, 0.05) is 73.1 Å². The zero-order valence-electron chi connectivity index (χ0n) is 18.4. The number of ether oxygens (including phenoxy) is 1. The van der Waals surface area contributed by atoms with Crippen molar-refractivity contribution in [2.24, 2.45) is 0 Å². The van der Waals surface area contributed by atoms with Crippen LogP contribution in [0.2, 0.25) is 0 Å². The van der Waals surface area contributed by atoms with Crippen molar-refractivity contribution in [3.63, 3.8) is 0 Å². The van der Waals surface area contributed by atoms with Crippen LogP contribution in [0, 0.1) is 0 Å². The monoisotopic (exact) mass is 440 g/mol. The minimum atomic E-state index is -0.0775. The standard InChI is InChI=1S/C23H32N6OS/c1-3-20-12-21-22(31-20)5-11-30-23(21)6-10-28(17(2)13-23)15-19-16-29(27-26-19)9-4-18-14-24-7-8-25-18/h7-8,12,14,16-17,26-27H,3-6,9-11,13,15H2,1-2H3/t17-,23+/m0/s1. The Kier molecular flexibility index (Phi) is 5.97. The van der Waals surface area contributed by atoms with Crippen molar-refractivity contribution in [2.45, 2.75) is 57.6 Å². The number of nitrogens with zero attached hydrogens (tertiary/aromatic N) is 4. The summed E-state index contributed by atoms with van der Waals surface area (Å²) in [4.78, 5) is 14.1. The van der Waals surface area contributed by atoms with Crippen molar-refractivity contribution < 1.29 is 4.74 Å². The fraction of sp³-hybridized carbons (Fsp3) is 0.565. The van der Waals surface area contributed by atoms with Crippen LogP contribution in [-0.2, 0) is 29.6 Å². The van der Waals surface area contributed by atoms with Crippen molar-refractivity contribution in [3.05, 3.63) is 57.6 Å². The maximum atomic E-state index is 6.49. The predicted octanol–water partition coefficient (Wildman–Crippen LogP) is 2.76. The Morgan fingerprint density at radius 3 is 3.10 bits per heavy atom. The van der Waals surface area contributed by atoms with Crippen LogP contribution < -0.4 is 11.0 Å². The van der Waals surface area contributed by atoms with Crippen LogP contribution in [0.4, 0.5) is 0 Å². The predicted molar refractivity (Wildman–Crippen MR) is 122 cm³/mol. The van der Waals surface area contributed by atoms with E-state index >= 15 is 0 Å². The fourth-order valence-electron chi connectivity index (χ4n) is 5.02. The third-order valence-electron chi connectivity index (χ3n) is 6.73. The molecule has 0 saturated carbocycles. The second-order valence-corrected chi connectivity index (χ2v) is 10.0. The van der Waals surface area contributed by atoms with Crippen LogP contribution >= 0.6 is 11.3 Å². The van der Waals surface area contributed by atoms with Gasteiger partial charge in [-0.25, -0.2) is 0 Å². The van der Waals surface area contributed by atoms with E-state index < -0.39 is 0 Å². The minimum absolute atomic E-state index is 0.0775. The molecule has 0 amide bonds. The lowest BCUT2D eigenvalue weighted by atomic mass is 9.79. The number of hydrogen-bond acceptors (Lipinski definition) is 8. The SMILES string of the molecule is CCc1cc2c(s1)CCO[C@@]21CCN(CC2=CN(CCc3cnccn3)NN2)[C@@H](C)C1. The summed E-state index contributed by atoms with van der Waals surface area (Å²) < 4.78 is 6.49. The number of aryl methyl sites for hydroxylation is 1. The number of thiophene rings is 1. The van der Waals surface area contributed by atoms with Gasteiger partial charge in [0.05, 0.1) is 23.6 Å². The summed E-state index contributed by atoms with van der Waals surface area (Å²) in [6.45, 7) is 8.28. The third kappa shape index (κ3) is 4.35. The Hall–Kier alpha value is -2.00. The van der Waals surface area contributed by atoms with Gasteiger partial charge in [-0.05, 0) is 37.8 Å². The molecule has 5 rings (SSSR count). The van der Waals surface area contributed by atoms with Crippen LogP contribution in [0.3, 0.4) is 0 Å². The molecule has 0 aliphatic carbocycles. The van der Waals surface area contributed by atoms with E-state index in [1.807, 2.05) is 17.5 Å². The van der Waals surface area contributed by atoms with Crippen molar-refractivity contribution in [3.8, 4) is 0 Å². The molecule has 2 aromatic heterocycles. The molecule has 0 aromatic carbocycles. The molecule has 7 nitrogen and oxygen atoms in total. The highest BCUT2D eigenvalue weighted by Gasteiger charge is 2.44. The molecule has 8 heteroatoms. The summed E-state index contributed by atoms with van der Waals surface area (Å²) in [6, 6.07) is 2.91. The lowest BCUT2D eigenvalue weighted by molar-refractivity contribution is -0.109. The molecule has 1 saturated heterocycles. The highest BCUT2D eigenvalue weighted by Crippen LogP contribution is 2.46. The molecular formula is C23H32N6OS. The van der Waals surface area contributed by atoms with Crippen molar-refractivity contribution >= 4 is 11.3 Å². The quantitative estimate of drug-likeness (QED) is 0.716. The maximum absolute atomic E-state index is 6.49. The van der Waals surface area contributed by atoms with Gasteiger partial charge in [0.2, 0.25) is 0 Å². The Labute approximate surface area is 188 Å². The molecule has 2 N–H and O–H groups in total. The molecule has 0 bridgehead atoms. The number of rotatable bonds is 6. The molecule has 0 radical (unpaired) electrons. The fourth-order valence-corrected chi connectivity index (χ4v) is 6.20. The van der Waals surface area contributed by atoms with E-state index in [4.69, 9.17) is 4.74 Å². The summed E-state index contributed by atoms with van der Waals surface area (Å²) in [6.07, 6.45) is 12.6. The molecule has 2 aromatic rings. The number of piperidine rings is 1. The average molecular weight is 441 g/mol. The van der Waals surface area contributed by atoms with Crippen molar-refractivity contribution in [1.29, 1.82) is 0 Å². The molecule has 2 atom stereocenters. The van der Waals surface area contributed by atoms with Gasteiger partial charge in [-0.1, -0.05) is 6.92 Å². The van der Waals surface area contributed by atoms with Crippen LogP contribution in [-0.4, -0.2) is 52.2 Å². The van der Waals surface area contributed by atoms with Crippen LogP contribution in [0.15, 0.2) is 36.6 Å². The Balaban J connectivity index is 1.19. The van der Waals surface area contributed by atoms with Gasteiger partial charge in [-0.2, -0.15) is 0 Å². The number of fused-ring (bicyclic) bond motifs is 2. The summed E-state index contributed by atoms with van der Waals surface area (Å²) in [5.74, 6) is 0. The number of aromatic nitrogens is 2. The smallest absolute Gasteiger partial charge is 0.0969 e. The summed E-state index contributed by atoms with van der Waals surface area (Å²) in [5.41, 5.74) is 10.2. The van der Waals surface area contributed by atoms with E-state index in [2.05, 4.69) is 57.0 Å². The van der Waals surface area contributed by atoms with Crippen molar-refractivity contribution in [1.82, 2.24) is 30.8 Å². The van der Waals surface area contributed by atoms with Gasteiger partial charge in [0.15, 0.2) is 0 Å². The first-order chi connectivity index (χ1) is 15.1. The topological polar surface area (TPSA) is 65.5 Å². The van der Waals surface area contributed by atoms with Gasteiger partial charge in [-0.15, -0.1) is 16.9 Å². The van der Waals surface area contributed by atoms with Gasteiger partial charge in [0.25, 0.3) is 0 Å². The largest absolute Gasteiger partial charge is 0.370 e. The molecule has 3 aliphatic rings. The van der Waals surface area contributed by atoms with Gasteiger partial charge in [-0.3, -0.25) is 19.9 Å². The molecule has 166 valence electrons. The summed E-state index contributed by atoms with van der Waals surface area (Å²) in [5, 5.41) is 2.09. The van der Waals surface area contributed by atoms with E-state index in [0.717, 1.165) is 64.0 Å². The lowest BCUT2D eigenvalue weighted by Crippen LogP contribution is -2.51. The zero-order valence-corrected chi connectivity index (χ0v) is 19.2. The average Bonchev–Trinajstić information content (AvgIpc) is 3.43. The Morgan fingerprint density at radius 1 is 1.35 bits per heavy atom. The normalized spacial score (nSPS) is 26.1. The Bertz CT molecular complexity index is 931. The highest BCUT2D eigenvalue weighted by molar-refractivity contribution is 7.12. The number of likely N-dealkylation sites (tertiary alicyclic amines) is 1.